The van der Waals surface area contributed by atoms with Gasteiger partial charge < -0.3 is 5.11 Å². The molecule has 1 rings (SSSR count). The number of aryl methyl sites for hydroxylation is 2. The van der Waals surface area contributed by atoms with Crippen molar-refractivity contribution in [2.24, 2.45) is 0 Å². The summed E-state index contributed by atoms with van der Waals surface area (Å²) in [5.74, 6) is 0. The maximum Gasteiger partial charge on any atom is 0.0786 e. The molecule has 0 bridgehead atoms. The predicted molar refractivity (Wildman–Crippen MR) is 75.3 cm³/mol. The molecule has 0 saturated carbocycles. The Morgan fingerprint density at radius 2 is 1.71 bits per heavy atom. The van der Waals surface area contributed by atoms with Gasteiger partial charge in [0.15, 0.2) is 0 Å². The highest BCUT2D eigenvalue weighted by atomic mass is 16.3. The van der Waals surface area contributed by atoms with E-state index in [0.717, 1.165) is 12.1 Å². The Balaban J connectivity index is 0. The molecule has 0 aliphatic rings. The first-order valence-corrected chi connectivity index (χ1v) is 6.67. The molecule has 3 nitrogen and oxygen atoms in total. The van der Waals surface area contributed by atoms with Gasteiger partial charge in [-0.1, -0.05) is 34.6 Å². The molecular weight excluding hydrogens is 212 g/mol. The predicted octanol–water partition coefficient (Wildman–Crippen LogP) is 3.58. The highest BCUT2D eigenvalue weighted by Gasteiger charge is 2.14. The third-order valence-electron chi connectivity index (χ3n) is 1.98. The second-order valence-electron chi connectivity index (χ2n) is 4.10. The molecule has 0 amide bonds. The molecule has 1 heterocycles. The number of rotatable bonds is 3. The van der Waals surface area contributed by atoms with Gasteiger partial charge in [0.05, 0.1) is 17.8 Å². The monoisotopic (exact) mass is 242 g/mol. The van der Waals surface area contributed by atoms with E-state index in [-0.39, 0.29) is 0 Å². The number of nitrogens with zero attached hydrogens (tertiary/aromatic N) is 2. The van der Waals surface area contributed by atoms with E-state index in [0.29, 0.717) is 6.54 Å². The molecule has 0 aromatic carbocycles. The number of hydrogen-bond donors (Lipinski definition) is 1. The minimum absolute atomic E-state index is 0.549. The topological polar surface area (TPSA) is 38.0 Å². The van der Waals surface area contributed by atoms with Crippen LogP contribution >= 0.6 is 0 Å². The average molecular weight is 242 g/mol. The molecule has 0 saturated heterocycles. The molecule has 102 valence electrons. The van der Waals surface area contributed by atoms with Crippen molar-refractivity contribution in [2.75, 3.05) is 0 Å². The first-order valence-electron chi connectivity index (χ1n) is 6.67. The van der Waals surface area contributed by atoms with Crippen molar-refractivity contribution in [1.29, 1.82) is 0 Å². The highest BCUT2D eigenvalue weighted by molar-refractivity contribution is 5.14. The molecule has 17 heavy (non-hydrogen) atoms. The van der Waals surface area contributed by atoms with E-state index in [2.05, 4.69) is 12.0 Å². The van der Waals surface area contributed by atoms with Crippen LogP contribution in [0.2, 0.25) is 0 Å². The van der Waals surface area contributed by atoms with Crippen LogP contribution in [0.15, 0.2) is 6.20 Å². The van der Waals surface area contributed by atoms with Crippen molar-refractivity contribution >= 4 is 0 Å². The van der Waals surface area contributed by atoms with Crippen molar-refractivity contribution < 1.29 is 5.11 Å². The molecule has 1 aromatic rings. The van der Waals surface area contributed by atoms with Crippen molar-refractivity contribution in [3.05, 3.63) is 17.5 Å². The zero-order valence-corrected chi connectivity index (χ0v) is 12.8. The average Bonchev–Trinajstić information content (AvgIpc) is 2.62. The lowest BCUT2D eigenvalue weighted by Crippen LogP contribution is -2.26. The van der Waals surface area contributed by atoms with Gasteiger partial charge >= 0.3 is 0 Å². The summed E-state index contributed by atoms with van der Waals surface area (Å²) in [5.41, 5.74) is 1.62. The summed E-state index contributed by atoms with van der Waals surface area (Å²) in [6.07, 6.45) is 3.00. The van der Waals surface area contributed by atoms with E-state index in [1.54, 1.807) is 13.8 Å². The highest BCUT2D eigenvalue weighted by Crippen LogP contribution is 2.10. The Hall–Kier alpha value is -0.830. The Morgan fingerprint density at radius 1 is 1.24 bits per heavy atom. The third kappa shape index (κ3) is 7.97. The standard InChI is InChI=1S/C10H18N2O.2C2H6/c1-5-9-6-12(11-8(9)2)7-10(3,4)13;2*1-2/h6,13H,5,7H2,1-4H3;2*1-2H3. The van der Waals surface area contributed by atoms with Crippen LogP contribution in [0.25, 0.3) is 0 Å². The van der Waals surface area contributed by atoms with Crippen molar-refractivity contribution in [3.8, 4) is 0 Å². The summed E-state index contributed by atoms with van der Waals surface area (Å²) in [4.78, 5) is 0. The fraction of sp³-hybridized carbons (Fsp3) is 0.786. The molecule has 0 radical (unpaired) electrons. The van der Waals surface area contributed by atoms with E-state index in [1.807, 2.05) is 45.5 Å². The molecule has 0 fully saturated rings. The van der Waals surface area contributed by atoms with Gasteiger partial charge in [0.2, 0.25) is 0 Å². The maximum atomic E-state index is 9.58. The molecule has 1 N–H and O–H groups in total. The fourth-order valence-electron chi connectivity index (χ4n) is 1.38. The quantitative estimate of drug-likeness (QED) is 0.880. The van der Waals surface area contributed by atoms with Crippen LogP contribution in [0.4, 0.5) is 0 Å². The summed E-state index contributed by atoms with van der Waals surface area (Å²) in [5, 5.41) is 13.9. The van der Waals surface area contributed by atoms with Gasteiger partial charge in [0, 0.05) is 6.20 Å². The van der Waals surface area contributed by atoms with Crippen LogP contribution in [0.3, 0.4) is 0 Å². The largest absolute Gasteiger partial charge is 0.389 e. The summed E-state index contributed by atoms with van der Waals surface area (Å²) in [7, 11) is 0. The Bertz CT molecular complexity index is 285. The minimum Gasteiger partial charge on any atom is -0.389 e. The Labute approximate surface area is 107 Å². The van der Waals surface area contributed by atoms with Crippen LogP contribution < -0.4 is 0 Å². The Morgan fingerprint density at radius 3 is 2.00 bits per heavy atom. The molecule has 0 unspecified atom stereocenters. The van der Waals surface area contributed by atoms with Gasteiger partial charge in [0.25, 0.3) is 0 Å². The molecule has 1 aromatic heterocycles. The molecular formula is C14H30N2O. The Kier molecular flexibility index (Phi) is 10.1. The van der Waals surface area contributed by atoms with E-state index in [9.17, 15) is 5.11 Å². The van der Waals surface area contributed by atoms with Gasteiger partial charge in [-0.3, -0.25) is 4.68 Å². The smallest absolute Gasteiger partial charge is 0.0786 e. The van der Waals surface area contributed by atoms with Gasteiger partial charge in [-0.2, -0.15) is 5.10 Å². The normalized spacial score (nSPS) is 9.94. The zero-order valence-electron chi connectivity index (χ0n) is 12.8. The van der Waals surface area contributed by atoms with Crippen LogP contribution in [0.5, 0.6) is 0 Å². The van der Waals surface area contributed by atoms with Gasteiger partial charge in [0.1, 0.15) is 0 Å². The first kappa shape index (κ1) is 18.5. The van der Waals surface area contributed by atoms with Crippen molar-refractivity contribution in [2.45, 2.75) is 74.0 Å². The van der Waals surface area contributed by atoms with Crippen LogP contribution in [0.1, 0.15) is 59.7 Å². The lowest BCUT2D eigenvalue weighted by molar-refractivity contribution is 0.0576. The summed E-state index contributed by atoms with van der Waals surface area (Å²) < 4.78 is 1.81. The fourth-order valence-corrected chi connectivity index (χ4v) is 1.38. The van der Waals surface area contributed by atoms with Crippen LogP contribution in [-0.2, 0) is 13.0 Å². The summed E-state index contributed by atoms with van der Waals surface area (Å²) >= 11 is 0. The van der Waals surface area contributed by atoms with Crippen molar-refractivity contribution in [3.63, 3.8) is 0 Å². The third-order valence-corrected chi connectivity index (χ3v) is 1.98. The second kappa shape index (κ2) is 9.23. The second-order valence-corrected chi connectivity index (χ2v) is 4.10. The number of aromatic nitrogens is 2. The van der Waals surface area contributed by atoms with Crippen LogP contribution in [0, 0.1) is 6.92 Å². The summed E-state index contributed by atoms with van der Waals surface area (Å²) in [6.45, 7) is 16.2. The molecule has 0 aliphatic heterocycles. The molecule has 0 spiro atoms. The molecule has 3 heteroatoms. The summed E-state index contributed by atoms with van der Waals surface area (Å²) in [6, 6.07) is 0. The van der Waals surface area contributed by atoms with E-state index >= 15 is 0 Å². The van der Waals surface area contributed by atoms with Crippen molar-refractivity contribution in [1.82, 2.24) is 9.78 Å². The van der Waals surface area contributed by atoms with Gasteiger partial charge in [-0.15, -0.1) is 0 Å². The lowest BCUT2D eigenvalue weighted by Gasteiger charge is -2.16. The minimum atomic E-state index is -0.691. The molecule has 0 aliphatic carbocycles. The van der Waals surface area contributed by atoms with Gasteiger partial charge in [-0.05, 0) is 32.8 Å². The first-order chi connectivity index (χ1) is 7.92. The lowest BCUT2D eigenvalue weighted by atomic mass is 10.1. The van der Waals surface area contributed by atoms with E-state index < -0.39 is 5.60 Å². The van der Waals surface area contributed by atoms with E-state index in [4.69, 9.17) is 0 Å². The van der Waals surface area contributed by atoms with E-state index in [1.165, 1.54) is 5.56 Å². The van der Waals surface area contributed by atoms with Gasteiger partial charge in [-0.25, -0.2) is 0 Å². The molecule has 0 atom stereocenters. The van der Waals surface area contributed by atoms with Crippen LogP contribution in [-0.4, -0.2) is 20.5 Å². The number of aliphatic hydroxyl groups is 1. The maximum absolute atomic E-state index is 9.58. The SMILES string of the molecule is CC.CC.CCc1cn(CC(C)(C)O)nc1C. The zero-order chi connectivity index (χ0) is 14.1. The number of hydrogen-bond acceptors (Lipinski definition) is 2.